The Balaban J connectivity index is 2.56. The maximum Gasteiger partial charge on any atom is 0.307 e. The lowest BCUT2D eigenvalue weighted by atomic mass is 10.1. The number of para-hydroxylation sites is 1. The molecule has 1 N–H and O–H groups in total. The number of aryl methyl sites for hydroxylation is 1. The molecule has 2 rings (SSSR count). The second-order valence-corrected chi connectivity index (χ2v) is 13.0. The van der Waals surface area contributed by atoms with Gasteiger partial charge in [0.05, 0.1) is 16.4 Å². The zero-order valence-electron chi connectivity index (χ0n) is 23.3. The predicted molar refractivity (Wildman–Crippen MR) is 153 cm³/mol. The van der Waals surface area contributed by atoms with Crippen molar-refractivity contribution in [3.05, 3.63) is 48.0 Å². The summed E-state index contributed by atoms with van der Waals surface area (Å²) in [7, 11) is -10.6. The Morgan fingerprint density at radius 1 is 0.854 bits per heavy atom. The summed E-state index contributed by atoms with van der Waals surface area (Å²) in [5.74, 6) is -1.33. The molecule has 0 heterocycles. The lowest BCUT2D eigenvalue weighted by Gasteiger charge is -2.21. The molecule has 12 nitrogen and oxygen atoms in total. The molecule has 2 aromatic rings. The molecule has 0 amide bonds. The minimum atomic E-state index is -4.17. The van der Waals surface area contributed by atoms with Gasteiger partial charge in [-0.3, -0.25) is 32.3 Å². The second-order valence-electron chi connectivity index (χ2n) is 8.77. The highest BCUT2D eigenvalue weighted by atomic mass is 32.2. The summed E-state index contributed by atoms with van der Waals surface area (Å²) in [6.07, 6.45) is -1.58. The van der Waals surface area contributed by atoms with Crippen molar-refractivity contribution in [3.63, 3.8) is 0 Å². The summed E-state index contributed by atoms with van der Waals surface area (Å²) in [5.41, 5.74) is 0.438. The van der Waals surface area contributed by atoms with Crippen molar-refractivity contribution in [2.24, 2.45) is 0 Å². The van der Waals surface area contributed by atoms with E-state index in [1.165, 1.54) is 19.9 Å². The van der Waals surface area contributed by atoms with Crippen LogP contribution in [0.25, 0.3) is 0 Å². The van der Waals surface area contributed by atoms with Gasteiger partial charge in [-0.05, 0) is 56.9 Å². The van der Waals surface area contributed by atoms with Gasteiger partial charge in [0, 0.05) is 12.8 Å². The molecular weight excluding hydrogens is 598 g/mol. The number of unbranched alkanes of at least 4 members (excludes halogenated alkanes) is 1. The number of rotatable bonds is 17. The van der Waals surface area contributed by atoms with E-state index < -0.39 is 56.4 Å². The first-order chi connectivity index (χ1) is 19.3. The largest absolute Gasteiger partial charge is 0.456 e. The van der Waals surface area contributed by atoms with Crippen molar-refractivity contribution in [1.82, 2.24) is 0 Å². The molecule has 0 aliphatic carbocycles. The zero-order valence-corrected chi connectivity index (χ0v) is 26.1. The molecule has 228 valence electrons. The molecule has 4 unspecified atom stereocenters. The highest BCUT2D eigenvalue weighted by Crippen LogP contribution is 2.38. The van der Waals surface area contributed by atoms with E-state index in [1.54, 1.807) is 50.2 Å². The van der Waals surface area contributed by atoms with E-state index in [2.05, 4.69) is 0 Å². The topological polar surface area (TPSA) is 169 Å². The maximum absolute atomic E-state index is 13.7. The van der Waals surface area contributed by atoms with Gasteiger partial charge in [0.2, 0.25) is 28.6 Å². The monoisotopic (exact) mass is 634 g/mol. The van der Waals surface area contributed by atoms with Gasteiger partial charge in [-0.15, -0.1) is 0 Å². The first kappa shape index (κ1) is 34.7. The average Bonchev–Trinajstić information content (AvgIpc) is 2.90. The van der Waals surface area contributed by atoms with Crippen molar-refractivity contribution in [2.45, 2.75) is 72.4 Å². The number of carbonyl (C=O) groups is 2. The van der Waals surface area contributed by atoms with Crippen molar-refractivity contribution in [3.8, 4) is 11.5 Å². The summed E-state index contributed by atoms with van der Waals surface area (Å²) < 4.78 is 85.8. The van der Waals surface area contributed by atoms with Crippen LogP contribution < -0.4 is 15.3 Å². The molecule has 15 heteroatoms. The third-order valence-corrected chi connectivity index (χ3v) is 9.13. The summed E-state index contributed by atoms with van der Waals surface area (Å²) in [5, 5.41) is 0.0813. The highest BCUT2D eigenvalue weighted by Gasteiger charge is 2.27. The summed E-state index contributed by atoms with van der Waals surface area (Å²) >= 11 is 0. The number of ether oxygens (including phenoxy) is 3. The van der Waals surface area contributed by atoms with Gasteiger partial charge in [0.15, 0.2) is 5.75 Å². The van der Waals surface area contributed by atoms with Gasteiger partial charge in [0.25, 0.3) is 10.1 Å². The number of esters is 2. The molecule has 0 fully saturated rings. The van der Waals surface area contributed by atoms with Gasteiger partial charge >= 0.3 is 11.9 Å². The molecule has 4 atom stereocenters. The van der Waals surface area contributed by atoms with Crippen molar-refractivity contribution < 1.29 is 54.9 Å². The Morgan fingerprint density at radius 3 is 1.95 bits per heavy atom. The Labute approximate surface area is 241 Å². The van der Waals surface area contributed by atoms with Crippen molar-refractivity contribution in [1.29, 1.82) is 0 Å². The Morgan fingerprint density at radius 2 is 1.41 bits per heavy atom. The standard InChI is InChI=1S/C26H36O12P2S/c1-5-23(27)34-18(3)37-39(29)22-16-15-20(12-10-11-17-41(31,32)33)26(25(22)36-21-13-8-7-9-14-21)40(30)38-19(4)35-24(28)6-2/h7-9,13-16,18-19,39-40H,5-6,10-12,17H2,1-4H3,(H,31,32,33). The minimum Gasteiger partial charge on any atom is -0.456 e. The minimum absolute atomic E-state index is 0.0371. The van der Waals surface area contributed by atoms with Gasteiger partial charge < -0.3 is 14.2 Å². The molecule has 0 aliphatic rings. The van der Waals surface area contributed by atoms with Crippen LogP contribution in [0.3, 0.4) is 0 Å². The Hall–Kier alpha value is -2.53. The van der Waals surface area contributed by atoms with Crippen LogP contribution in [0.1, 0.15) is 58.9 Å². The summed E-state index contributed by atoms with van der Waals surface area (Å²) in [6.45, 7) is 6.00. The maximum atomic E-state index is 13.7. The molecule has 0 aliphatic heterocycles. The molecule has 0 saturated heterocycles. The Bertz CT molecular complexity index is 1330. The fourth-order valence-corrected chi connectivity index (χ4v) is 6.60. The molecule has 0 bridgehead atoms. The Kier molecular flexibility index (Phi) is 14.2. The molecule has 0 radical (unpaired) electrons. The summed E-state index contributed by atoms with van der Waals surface area (Å²) in [4.78, 5) is 23.4. The lowest BCUT2D eigenvalue weighted by Crippen LogP contribution is -2.22. The lowest BCUT2D eigenvalue weighted by molar-refractivity contribution is -0.161. The third-order valence-electron chi connectivity index (χ3n) is 5.45. The third kappa shape index (κ3) is 12.1. The molecular formula is C26H36O12P2S. The van der Waals surface area contributed by atoms with Gasteiger partial charge in [-0.1, -0.05) is 38.1 Å². The molecule has 2 aromatic carbocycles. The fraction of sp³-hybridized carbons (Fsp3) is 0.462. The average molecular weight is 635 g/mol. The highest BCUT2D eigenvalue weighted by molar-refractivity contribution is 7.85. The van der Waals surface area contributed by atoms with Crippen LogP contribution in [0.4, 0.5) is 0 Å². The first-order valence-electron chi connectivity index (χ1n) is 13.0. The normalized spacial score (nSPS) is 14.5. The van der Waals surface area contributed by atoms with Crippen LogP contribution in [-0.4, -0.2) is 43.2 Å². The number of benzene rings is 2. The van der Waals surface area contributed by atoms with E-state index in [4.69, 9.17) is 27.8 Å². The van der Waals surface area contributed by atoms with Gasteiger partial charge in [0.1, 0.15) is 5.75 Å². The number of hydrogen-bond donors (Lipinski definition) is 1. The molecule has 41 heavy (non-hydrogen) atoms. The molecule has 0 saturated carbocycles. The van der Waals surface area contributed by atoms with Crippen LogP contribution >= 0.6 is 16.1 Å². The van der Waals surface area contributed by atoms with E-state index in [0.29, 0.717) is 11.3 Å². The van der Waals surface area contributed by atoms with Crippen LogP contribution in [0, 0.1) is 0 Å². The zero-order chi connectivity index (χ0) is 30.6. The van der Waals surface area contributed by atoms with Crippen LogP contribution in [-0.2, 0) is 53.8 Å². The smallest absolute Gasteiger partial charge is 0.307 e. The fourth-order valence-electron chi connectivity index (χ4n) is 3.54. The van der Waals surface area contributed by atoms with Gasteiger partial charge in [-0.25, -0.2) is 0 Å². The molecule has 0 spiro atoms. The van der Waals surface area contributed by atoms with E-state index in [-0.39, 0.29) is 48.5 Å². The van der Waals surface area contributed by atoms with E-state index in [0.717, 1.165) is 0 Å². The van der Waals surface area contributed by atoms with Crippen LogP contribution in [0.5, 0.6) is 11.5 Å². The van der Waals surface area contributed by atoms with E-state index in [1.807, 2.05) is 0 Å². The van der Waals surface area contributed by atoms with E-state index in [9.17, 15) is 27.1 Å². The second kappa shape index (κ2) is 16.8. The van der Waals surface area contributed by atoms with Gasteiger partial charge in [-0.2, -0.15) is 8.42 Å². The predicted octanol–water partition coefficient (Wildman–Crippen LogP) is 4.52. The van der Waals surface area contributed by atoms with Crippen LogP contribution in [0.15, 0.2) is 42.5 Å². The first-order valence-corrected chi connectivity index (χ1v) is 17.2. The van der Waals surface area contributed by atoms with Crippen LogP contribution in [0.2, 0.25) is 0 Å². The SMILES string of the molecule is CCC(=O)OC(C)O[PH](=O)c1ccc(CCCCS(=O)(=O)O)c([PH](=O)OC(C)OC(=O)CC)c1Oc1ccccc1. The van der Waals surface area contributed by atoms with E-state index >= 15 is 0 Å². The summed E-state index contributed by atoms with van der Waals surface area (Å²) in [6, 6.07) is 11.4. The van der Waals surface area contributed by atoms with Crippen molar-refractivity contribution >= 4 is 48.7 Å². The number of hydrogen-bond acceptors (Lipinski definition) is 11. The number of carbonyl (C=O) groups excluding carboxylic acids is 2. The van der Waals surface area contributed by atoms with Crippen molar-refractivity contribution in [2.75, 3.05) is 5.75 Å². The molecule has 0 aromatic heterocycles. The quantitative estimate of drug-likeness (QED) is 0.0850.